The van der Waals surface area contributed by atoms with Crippen LogP contribution in [0.3, 0.4) is 0 Å². The van der Waals surface area contributed by atoms with E-state index < -0.39 is 0 Å². The summed E-state index contributed by atoms with van der Waals surface area (Å²) in [5.41, 5.74) is 7.01. The van der Waals surface area contributed by atoms with Gasteiger partial charge in [0.1, 0.15) is 0 Å². The van der Waals surface area contributed by atoms with Gasteiger partial charge in [0.2, 0.25) is 0 Å². The lowest BCUT2D eigenvalue weighted by atomic mass is 9.83. The van der Waals surface area contributed by atoms with Gasteiger partial charge in [-0.1, -0.05) is 34.6 Å². The Bertz CT molecular complexity index is 297. The number of nitrogens with zero attached hydrogens (tertiary/aromatic N) is 1. The van der Waals surface area contributed by atoms with Gasteiger partial charge < -0.3 is 5.73 Å². The van der Waals surface area contributed by atoms with E-state index in [1.165, 1.54) is 32.2 Å². The lowest BCUT2D eigenvalue weighted by Crippen LogP contribution is -2.58. The molecule has 2 rings (SSSR count). The standard InChI is InChI=1S/C16H32N2/c1-12(2)14-7-6-8-18(14)16(11-17)10-15(4,5)9-13(16)3/h12-14H,6-11,17H2,1-5H3. The lowest BCUT2D eigenvalue weighted by Gasteiger charge is -2.46. The predicted molar refractivity (Wildman–Crippen MR) is 78.5 cm³/mol. The summed E-state index contributed by atoms with van der Waals surface area (Å²) in [5, 5.41) is 0. The molecule has 2 nitrogen and oxygen atoms in total. The summed E-state index contributed by atoms with van der Waals surface area (Å²) in [6, 6.07) is 0.755. The van der Waals surface area contributed by atoms with Crippen LogP contribution in [0.2, 0.25) is 0 Å². The average molecular weight is 252 g/mol. The maximum atomic E-state index is 6.28. The molecular formula is C16H32N2. The molecule has 2 fully saturated rings. The van der Waals surface area contributed by atoms with Crippen LogP contribution in [0.15, 0.2) is 0 Å². The third-order valence-electron chi connectivity index (χ3n) is 5.56. The fourth-order valence-electron chi connectivity index (χ4n) is 4.91. The zero-order chi connectivity index (χ0) is 13.6. The number of hydrogen-bond donors (Lipinski definition) is 1. The number of likely N-dealkylation sites (tertiary alicyclic amines) is 1. The van der Waals surface area contributed by atoms with Gasteiger partial charge in [-0.15, -0.1) is 0 Å². The van der Waals surface area contributed by atoms with Gasteiger partial charge in [-0.2, -0.15) is 0 Å². The van der Waals surface area contributed by atoms with Crippen molar-refractivity contribution in [1.82, 2.24) is 4.90 Å². The molecule has 0 radical (unpaired) electrons. The Hall–Kier alpha value is -0.0800. The molecule has 1 saturated heterocycles. The number of nitrogens with two attached hydrogens (primary N) is 1. The van der Waals surface area contributed by atoms with Crippen molar-refractivity contribution in [3.63, 3.8) is 0 Å². The van der Waals surface area contributed by atoms with Crippen molar-refractivity contribution in [2.24, 2.45) is 23.0 Å². The second-order valence-corrected chi connectivity index (χ2v) is 7.90. The fourth-order valence-corrected chi connectivity index (χ4v) is 4.91. The molecule has 0 spiro atoms. The molecule has 0 aromatic heterocycles. The van der Waals surface area contributed by atoms with Gasteiger partial charge in [0.15, 0.2) is 0 Å². The average Bonchev–Trinajstić information content (AvgIpc) is 2.81. The SMILES string of the molecule is CC(C)C1CCCN1C1(CN)CC(C)(C)CC1C. The molecule has 106 valence electrons. The lowest BCUT2D eigenvalue weighted by molar-refractivity contribution is 0.0305. The van der Waals surface area contributed by atoms with E-state index in [1.807, 2.05) is 0 Å². The highest BCUT2D eigenvalue weighted by molar-refractivity contribution is 5.09. The molecular weight excluding hydrogens is 220 g/mol. The smallest absolute Gasteiger partial charge is 0.0365 e. The first-order chi connectivity index (χ1) is 8.32. The van der Waals surface area contributed by atoms with Crippen LogP contribution in [-0.2, 0) is 0 Å². The minimum Gasteiger partial charge on any atom is -0.329 e. The second-order valence-electron chi connectivity index (χ2n) is 7.90. The van der Waals surface area contributed by atoms with Gasteiger partial charge in [-0.3, -0.25) is 4.90 Å². The molecule has 1 saturated carbocycles. The Morgan fingerprint density at radius 2 is 2.00 bits per heavy atom. The van der Waals surface area contributed by atoms with Crippen molar-refractivity contribution in [2.75, 3.05) is 13.1 Å². The third-order valence-corrected chi connectivity index (χ3v) is 5.56. The van der Waals surface area contributed by atoms with Crippen molar-refractivity contribution in [1.29, 1.82) is 0 Å². The topological polar surface area (TPSA) is 29.3 Å². The molecule has 1 heterocycles. The van der Waals surface area contributed by atoms with Crippen molar-refractivity contribution < 1.29 is 0 Å². The van der Waals surface area contributed by atoms with E-state index in [2.05, 4.69) is 39.5 Å². The normalized spacial score (nSPS) is 40.8. The Kier molecular flexibility index (Phi) is 3.81. The zero-order valence-electron chi connectivity index (χ0n) is 13.0. The third kappa shape index (κ3) is 2.22. The van der Waals surface area contributed by atoms with Crippen molar-refractivity contribution >= 4 is 0 Å². The van der Waals surface area contributed by atoms with Crippen LogP contribution >= 0.6 is 0 Å². The van der Waals surface area contributed by atoms with E-state index in [9.17, 15) is 0 Å². The Labute approximate surface area is 113 Å². The van der Waals surface area contributed by atoms with Crippen molar-refractivity contribution in [2.45, 2.75) is 71.9 Å². The van der Waals surface area contributed by atoms with Crippen LogP contribution in [0, 0.1) is 17.3 Å². The van der Waals surface area contributed by atoms with Gasteiger partial charge in [-0.05, 0) is 49.5 Å². The van der Waals surface area contributed by atoms with Crippen molar-refractivity contribution in [3.8, 4) is 0 Å². The molecule has 0 bridgehead atoms. The highest BCUT2D eigenvalue weighted by atomic mass is 15.3. The van der Waals surface area contributed by atoms with E-state index in [1.54, 1.807) is 0 Å². The minimum absolute atomic E-state index is 0.273. The Morgan fingerprint density at radius 3 is 2.44 bits per heavy atom. The van der Waals surface area contributed by atoms with E-state index >= 15 is 0 Å². The quantitative estimate of drug-likeness (QED) is 0.835. The molecule has 18 heavy (non-hydrogen) atoms. The van der Waals surface area contributed by atoms with Gasteiger partial charge in [0, 0.05) is 18.1 Å². The van der Waals surface area contributed by atoms with Crippen LogP contribution in [0.4, 0.5) is 0 Å². The molecule has 2 heteroatoms. The molecule has 3 atom stereocenters. The molecule has 2 N–H and O–H groups in total. The highest BCUT2D eigenvalue weighted by Gasteiger charge is 2.53. The Balaban J connectivity index is 2.27. The van der Waals surface area contributed by atoms with Gasteiger partial charge in [-0.25, -0.2) is 0 Å². The monoisotopic (exact) mass is 252 g/mol. The maximum Gasteiger partial charge on any atom is 0.0365 e. The van der Waals surface area contributed by atoms with Crippen LogP contribution in [0.5, 0.6) is 0 Å². The number of rotatable bonds is 3. The van der Waals surface area contributed by atoms with Crippen LogP contribution in [0.1, 0.15) is 60.3 Å². The van der Waals surface area contributed by atoms with Crippen molar-refractivity contribution in [3.05, 3.63) is 0 Å². The minimum atomic E-state index is 0.273. The molecule has 1 aliphatic carbocycles. The second kappa shape index (κ2) is 4.79. The van der Waals surface area contributed by atoms with Crippen LogP contribution in [0.25, 0.3) is 0 Å². The van der Waals surface area contributed by atoms with E-state index in [4.69, 9.17) is 5.73 Å². The molecule has 0 aromatic rings. The van der Waals surface area contributed by atoms with Gasteiger partial charge in [0.05, 0.1) is 0 Å². The molecule has 3 unspecified atom stereocenters. The summed E-state index contributed by atoms with van der Waals surface area (Å²) in [5.74, 6) is 1.49. The molecule has 0 amide bonds. The first kappa shape index (κ1) is 14.3. The fraction of sp³-hybridized carbons (Fsp3) is 1.00. The van der Waals surface area contributed by atoms with Gasteiger partial charge >= 0.3 is 0 Å². The zero-order valence-corrected chi connectivity index (χ0v) is 13.0. The van der Waals surface area contributed by atoms with E-state index in [0.717, 1.165) is 24.4 Å². The number of hydrogen-bond acceptors (Lipinski definition) is 2. The summed E-state index contributed by atoms with van der Waals surface area (Å²) >= 11 is 0. The molecule has 1 aliphatic heterocycles. The van der Waals surface area contributed by atoms with Crippen LogP contribution < -0.4 is 5.73 Å². The van der Waals surface area contributed by atoms with Crippen LogP contribution in [-0.4, -0.2) is 29.6 Å². The van der Waals surface area contributed by atoms with E-state index in [0.29, 0.717) is 5.41 Å². The maximum absolute atomic E-state index is 6.28. The first-order valence-corrected chi connectivity index (χ1v) is 7.79. The summed E-state index contributed by atoms with van der Waals surface area (Å²) in [4.78, 5) is 2.80. The summed E-state index contributed by atoms with van der Waals surface area (Å²) in [7, 11) is 0. The summed E-state index contributed by atoms with van der Waals surface area (Å²) in [6.07, 6.45) is 5.33. The first-order valence-electron chi connectivity index (χ1n) is 7.79. The van der Waals surface area contributed by atoms with E-state index in [-0.39, 0.29) is 5.54 Å². The Morgan fingerprint density at radius 1 is 1.33 bits per heavy atom. The molecule has 2 aliphatic rings. The highest BCUT2D eigenvalue weighted by Crippen LogP contribution is 2.52. The summed E-state index contributed by atoms with van der Waals surface area (Å²) < 4.78 is 0. The predicted octanol–water partition coefficient (Wildman–Crippen LogP) is 3.26. The van der Waals surface area contributed by atoms with Gasteiger partial charge in [0.25, 0.3) is 0 Å². The summed E-state index contributed by atoms with van der Waals surface area (Å²) in [6.45, 7) is 14.1. The molecule has 0 aromatic carbocycles. The largest absolute Gasteiger partial charge is 0.329 e.